The van der Waals surface area contributed by atoms with Gasteiger partial charge in [0.25, 0.3) is 5.91 Å². The lowest BCUT2D eigenvalue weighted by molar-refractivity contribution is 0.0932. The van der Waals surface area contributed by atoms with Gasteiger partial charge in [-0.1, -0.05) is 25.2 Å². The fourth-order valence-corrected chi connectivity index (χ4v) is 3.50. The Morgan fingerprint density at radius 1 is 1.50 bits per heavy atom. The second-order valence-corrected chi connectivity index (χ2v) is 6.70. The van der Waals surface area contributed by atoms with Crippen molar-refractivity contribution >= 4 is 28.2 Å². The quantitative estimate of drug-likeness (QED) is 0.894. The third-order valence-electron chi connectivity index (χ3n) is 4.43. The van der Waals surface area contributed by atoms with Gasteiger partial charge in [0, 0.05) is 19.6 Å². The van der Waals surface area contributed by atoms with Gasteiger partial charge in [0.1, 0.15) is 10.7 Å². The van der Waals surface area contributed by atoms with Gasteiger partial charge in [-0.05, 0) is 31.6 Å². The summed E-state index contributed by atoms with van der Waals surface area (Å²) in [6.45, 7) is 7.32. The zero-order chi connectivity index (χ0) is 14.9. The van der Waals surface area contributed by atoms with E-state index in [0.717, 1.165) is 18.1 Å². The van der Waals surface area contributed by atoms with Crippen LogP contribution in [0.4, 0.5) is 10.9 Å². The zero-order valence-corrected chi connectivity index (χ0v) is 13.5. The van der Waals surface area contributed by atoms with E-state index < -0.39 is 0 Å². The molecule has 1 aliphatic rings. The van der Waals surface area contributed by atoms with Crippen LogP contribution in [0.5, 0.6) is 0 Å². The van der Waals surface area contributed by atoms with Crippen LogP contribution in [0.15, 0.2) is 0 Å². The fraction of sp³-hybridized carbons (Fsp3) is 0.714. The molecule has 1 fully saturated rings. The molecule has 3 N–H and O–H groups in total. The van der Waals surface area contributed by atoms with Gasteiger partial charge >= 0.3 is 0 Å². The Labute approximate surface area is 124 Å². The number of carbonyl (C=O) groups is 1. The van der Waals surface area contributed by atoms with Crippen LogP contribution in [-0.4, -0.2) is 30.5 Å². The maximum absolute atomic E-state index is 12.4. The summed E-state index contributed by atoms with van der Waals surface area (Å²) in [4.78, 5) is 19.1. The van der Waals surface area contributed by atoms with Gasteiger partial charge in [-0.2, -0.15) is 0 Å². The molecule has 2 rings (SSSR count). The predicted octanol–water partition coefficient (Wildman–Crippen LogP) is 2.35. The van der Waals surface area contributed by atoms with Crippen LogP contribution in [0.3, 0.4) is 0 Å². The summed E-state index contributed by atoms with van der Waals surface area (Å²) in [5.74, 6) is 1.44. The molecule has 0 bridgehead atoms. The number of thiazole rings is 1. The molecule has 1 amide bonds. The first-order valence-corrected chi connectivity index (χ1v) is 8.04. The molecule has 1 saturated carbocycles. The highest BCUT2D eigenvalue weighted by Gasteiger charge is 2.31. The van der Waals surface area contributed by atoms with Crippen LogP contribution in [0, 0.1) is 11.8 Å². The highest BCUT2D eigenvalue weighted by molar-refractivity contribution is 7.18. The minimum absolute atomic E-state index is 0.0818. The Hall–Kier alpha value is -1.30. The molecule has 5 nitrogen and oxygen atoms in total. The number of hydrogen-bond donors (Lipinski definition) is 2. The summed E-state index contributed by atoms with van der Waals surface area (Å²) < 4.78 is 0. The van der Waals surface area contributed by atoms with Crippen molar-refractivity contribution in [1.82, 2.24) is 10.3 Å². The lowest BCUT2D eigenvalue weighted by Gasteiger charge is -2.19. The van der Waals surface area contributed by atoms with Crippen molar-refractivity contribution < 1.29 is 4.79 Å². The molecular weight excluding hydrogens is 272 g/mol. The average Bonchev–Trinajstić information content (AvgIpc) is 2.95. The van der Waals surface area contributed by atoms with E-state index in [0.29, 0.717) is 22.5 Å². The van der Waals surface area contributed by atoms with E-state index in [2.05, 4.69) is 24.1 Å². The van der Waals surface area contributed by atoms with Crippen LogP contribution in [0.1, 0.15) is 43.3 Å². The minimum atomic E-state index is -0.0818. The number of nitrogens with one attached hydrogen (secondary N) is 1. The standard InChI is InChI=1S/C14H24N4OS/c1-5-18(4)14-17-12(15)11(20-14)13(19)16-10-7-6-8(2)9(10)3/h8-10H,5-7,15H2,1-4H3,(H,16,19). The molecule has 3 unspecified atom stereocenters. The molecule has 0 saturated heterocycles. The second kappa shape index (κ2) is 5.99. The van der Waals surface area contributed by atoms with Gasteiger partial charge in [-0.3, -0.25) is 4.79 Å². The highest BCUT2D eigenvalue weighted by atomic mass is 32.1. The van der Waals surface area contributed by atoms with Gasteiger partial charge in [0.15, 0.2) is 5.13 Å². The van der Waals surface area contributed by atoms with Crippen LogP contribution < -0.4 is 16.0 Å². The molecule has 0 spiro atoms. The number of nitrogens with two attached hydrogens (primary N) is 1. The number of carbonyl (C=O) groups excluding carboxylic acids is 1. The van der Waals surface area contributed by atoms with E-state index in [-0.39, 0.29) is 11.9 Å². The third kappa shape index (κ3) is 2.90. The van der Waals surface area contributed by atoms with Crippen molar-refractivity contribution in [3.8, 4) is 0 Å². The van der Waals surface area contributed by atoms with Crippen molar-refractivity contribution in [2.75, 3.05) is 24.2 Å². The molecular formula is C14H24N4OS. The van der Waals surface area contributed by atoms with E-state index in [9.17, 15) is 4.79 Å². The average molecular weight is 296 g/mol. The number of anilines is 2. The van der Waals surface area contributed by atoms with Crippen LogP contribution in [-0.2, 0) is 0 Å². The first-order valence-electron chi connectivity index (χ1n) is 7.22. The molecule has 1 aliphatic carbocycles. The summed E-state index contributed by atoms with van der Waals surface area (Å²) in [6, 6.07) is 0.256. The Kier molecular flexibility index (Phi) is 4.52. The van der Waals surface area contributed by atoms with Gasteiger partial charge in [-0.15, -0.1) is 0 Å². The Balaban J connectivity index is 2.08. The number of nitrogens with zero attached hydrogens (tertiary/aromatic N) is 2. The van der Waals surface area contributed by atoms with Crippen molar-refractivity contribution in [2.45, 2.75) is 39.7 Å². The van der Waals surface area contributed by atoms with Gasteiger partial charge in [0.05, 0.1) is 0 Å². The van der Waals surface area contributed by atoms with E-state index in [1.807, 2.05) is 18.9 Å². The summed E-state index contributed by atoms with van der Waals surface area (Å²) in [5.41, 5.74) is 5.88. The molecule has 3 atom stereocenters. The van der Waals surface area contributed by atoms with Crippen LogP contribution >= 0.6 is 11.3 Å². The van der Waals surface area contributed by atoms with Crippen molar-refractivity contribution in [3.63, 3.8) is 0 Å². The number of rotatable bonds is 4. The van der Waals surface area contributed by atoms with E-state index in [1.165, 1.54) is 17.8 Å². The maximum Gasteiger partial charge on any atom is 0.265 e. The molecule has 0 aromatic carbocycles. The van der Waals surface area contributed by atoms with E-state index in [4.69, 9.17) is 5.73 Å². The normalized spacial score (nSPS) is 25.7. The lowest BCUT2D eigenvalue weighted by Crippen LogP contribution is -2.37. The van der Waals surface area contributed by atoms with Gasteiger partial charge in [0.2, 0.25) is 0 Å². The SMILES string of the molecule is CCN(C)c1nc(N)c(C(=O)NC2CCC(C)C2C)s1. The lowest BCUT2D eigenvalue weighted by atomic mass is 9.98. The smallest absolute Gasteiger partial charge is 0.265 e. The topological polar surface area (TPSA) is 71.2 Å². The summed E-state index contributed by atoms with van der Waals surface area (Å²) in [7, 11) is 1.95. The first-order chi connectivity index (χ1) is 9.43. The van der Waals surface area contributed by atoms with Gasteiger partial charge in [-0.25, -0.2) is 4.98 Å². The molecule has 20 heavy (non-hydrogen) atoms. The largest absolute Gasteiger partial charge is 0.382 e. The van der Waals surface area contributed by atoms with Crippen molar-refractivity contribution in [3.05, 3.63) is 4.88 Å². The van der Waals surface area contributed by atoms with E-state index >= 15 is 0 Å². The number of nitrogen functional groups attached to an aromatic ring is 1. The molecule has 0 radical (unpaired) electrons. The Bertz CT molecular complexity index is 488. The van der Waals surface area contributed by atoms with Crippen molar-refractivity contribution in [1.29, 1.82) is 0 Å². The highest BCUT2D eigenvalue weighted by Crippen LogP contribution is 2.32. The number of aromatic nitrogens is 1. The predicted molar refractivity (Wildman–Crippen MR) is 84.3 cm³/mol. The fourth-order valence-electron chi connectivity index (χ4n) is 2.58. The molecule has 6 heteroatoms. The van der Waals surface area contributed by atoms with Crippen LogP contribution in [0.25, 0.3) is 0 Å². The number of amides is 1. The van der Waals surface area contributed by atoms with Crippen LogP contribution in [0.2, 0.25) is 0 Å². The second-order valence-electron chi connectivity index (χ2n) is 5.72. The molecule has 112 valence electrons. The summed E-state index contributed by atoms with van der Waals surface area (Å²) >= 11 is 1.36. The maximum atomic E-state index is 12.4. The Morgan fingerprint density at radius 3 is 2.75 bits per heavy atom. The molecule has 1 aromatic rings. The first kappa shape index (κ1) is 15.1. The monoisotopic (exact) mass is 296 g/mol. The summed E-state index contributed by atoms with van der Waals surface area (Å²) in [5, 5.41) is 3.91. The Morgan fingerprint density at radius 2 is 2.20 bits per heavy atom. The molecule has 1 heterocycles. The van der Waals surface area contributed by atoms with Gasteiger partial charge < -0.3 is 16.0 Å². The van der Waals surface area contributed by atoms with E-state index in [1.54, 1.807) is 0 Å². The minimum Gasteiger partial charge on any atom is -0.382 e. The zero-order valence-electron chi connectivity index (χ0n) is 12.6. The third-order valence-corrected chi connectivity index (χ3v) is 5.62. The number of hydrogen-bond acceptors (Lipinski definition) is 5. The molecule has 0 aliphatic heterocycles. The molecule has 1 aromatic heterocycles. The summed E-state index contributed by atoms with van der Waals surface area (Å²) in [6.07, 6.45) is 2.22. The van der Waals surface area contributed by atoms with Crippen molar-refractivity contribution in [2.24, 2.45) is 11.8 Å².